The Hall–Kier alpha value is -0.246. The molecule has 1 N–H and O–H groups in total. The molecule has 4 heteroatoms. The zero-order valence-electron chi connectivity index (χ0n) is 14.4. The molecule has 1 amide bonds. The normalized spacial score (nSPS) is 12.5. The van der Waals surface area contributed by atoms with Gasteiger partial charge in [-0.1, -0.05) is 18.2 Å². The summed E-state index contributed by atoms with van der Waals surface area (Å²) in [5, 5.41) is 3.13. The van der Waals surface area contributed by atoms with E-state index in [0.29, 0.717) is 0 Å². The van der Waals surface area contributed by atoms with Gasteiger partial charge in [-0.25, -0.2) is 0 Å². The van der Waals surface area contributed by atoms with E-state index in [1.165, 1.54) is 0 Å². The van der Waals surface area contributed by atoms with Crippen LogP contribution in [0.2, 0.25) is 0 Å². The maximum atomic E-state index is 12.6. The van der Waals surface area contributed by atoms with Crippen molar-refractivity contribution in [2.75, 3.05) is 25.0 Å². The molecule has 0 heterocycles. The van der Waals surface area contributed by atoms with Crippen LogP contribution in [0, 0.1) is 13.8 Å². The summed E-state index contributed by atoms with van der Waals surface area (Å²) < 4.78 is 0.830. The topological polar surface area (TPSA) is 29.1 Å². The minimum absolute atomic E-state index is 0. The van der Waals surface area contributed by atoms with Crippen molar-refractivity contribution in [2.24, 2.45) is 0 Å². The number of benzene rings is 1. The van der Waals surface area contributed by atoms with Gasteiger partial charge in [-0.15, -0.1) is 0 Å². The first-order valence-electron chi connectivity index (χ1n) is 7.64. The molecule has 1 rings (SSSR count). The van der Waals surface area contributed by atoms with E-state index in [-0.39, 0.29) is 44.7 Å². The van der Waals surface area contributed by atoms with Gasteiger partial charge in [-0.2, -0.15) is 0 Å². The molecule has 0 fully saturated rings. The number of aryl methyl sites for hydroxylation is 2. The number of carbonyl (C=O) groups is 1. The van der Waals surface area contributed by atoms with Gasteiger partial charge in [0.2, 0.25) is 0 Å². The van der Waals surface area contributed by atoms with Crippen LogP contribution in [-0.2, 0) is 37.5 Å². The summed E-state index contributed by atoms with van der Waals surface area (Å²) in [6.45, 7) is 15.5. The number of hydrogen-bond acceptors (Lipinski definition) is 1. The number of carbonyl (C=O) groups excluding carboxylic acids is 1. The maximum Gasteiger partial charge on any atom is 0.282 e. The molecule has 0 aromatic heterocycles. The molecule has 0 aliphatic carbocycles. The Balaban J connectivity index is 0.00000400. The predicted octanol–water partition coefficient (Wildman–Crippen LogP) is 3.50. The van der Waals surface area contributed by atoms with Crippen LogP contribution in [-0.4, -0.2) is 36.1 Å². The largest absolute Gasteiger partial charge is 0.320 e. The zero-order chi connectivity index (χ0) is 15.3. The fourth-order valence-corrected chi connectivity index (χ4v) is 2.98. The minimum Gasteiger partial charge on any atom is -0.320 e. The minimum atomic E-state index is -0.0333. The van der Waals surface area contributed by atoms with Gasteiger partial charge >= 0.3 is 0 Å². The molecule has 0 aliphatic rings. The van der Waals surface area contributed by atoms with Crippen LogP contribution in [0.3, 0.4) is 0 Å². The van der Waals surface area contributed by atoms with Crippen molar-refractivity contribution < 1.29 is 42.0 Å². The summed E-state index contributed by atoms with van der Waals surface area (Å²) in [6.07, 6.45) is 0. The maximum absolute atomic E-state index is 12.6. The summed E-state index contributed by atoms with van der Waals surface area (Å²) in [5.74, 6) is 0.118. The summed E-state index contributed by atoms with van der Waals surface area (Å²) in [6, 6.07) is 6.06. The van der Waals surface area contributed by atoms with Crippen LogP contribution < -0.4 is 5.32 Å². The number of likely N-dealkylation sites (N-methyl/N-ethyl adjacent to an activating group) is 1. The number of amides is 1. The molecule has 0 bridgehead atoms. The van der Waals surface area contributed by atoms with Crippen molar-refractivity contribution in [3.63, 3.8) is 0 Å². The SMILES string of the molecule is CC[N+](CC)(CC)C(C)C(=O)Nc1c(C)cccc1C.[Y]. The smallest absolute Gasteiger partial charge is 0.282 e. The summed E-state index contributed by atoms with van der Waals surface area (Å²) in [4.78, 5) is 12.6. The third-order valence-corrected chi connectivity index (χ3v) is 4.82. The van der Waals surface area contributed by atoms with E-state index in [1.807, 2.05) is 39.0 Å². The molecular weight excluding hydrogens is 337 g/mol. The number of para-hydroxylation sites is 1. The monoisotopic (exact) mass is 366 g/mol. The Morgan fingerprint density at radius 3 is 1.90 bits per heavy atom. The predicted molar refractivity (Wildman–Crippen MR) is 85.9 cm³/mol. The number of rotatable bonds is 6. The second-order valence-corrected chi connectivity index (χ2v) is 5.60. The molecule has 0 spiro atoms. The van der Waals surface area contributed by atoms with Crippen LogP contribution >= 0.6 is 0 Å². The first-order chi connectivity index (χ1) is 9.41. The molecular formula is C17H29N2OY+. The number of hydrogen-bond donors (Lipinski definition) is 1. The van der Waals surface area contributed by atoms with E-state index in [4.69, 9.17) is 0 Å². The molecule has 0 saturated carbocycles. The molecule has 0 saturated heterocycles. The first-order valence-corrected chi connectivity index (χ1v) is 7.64. The van der Waals surface area contributed by atoms with Crippen molar-refractivity contribution in [3.8, 4) is 0 Å². The van der Waals surface area contributed by atoms with E-state index in [9.17, 15) is 4.79 Å². The van der Waals surface area contributed by atoms with E-state index in [0.717, 1.165) is 40.9 Å². The van der Waals surface area contributed by atoms with Gasteiger partial charge in [0, 0.05) is 38.4 Å². The van der Waals surface area contributed by atoms with E-state index < -0.39 is 0 Å². The quantitative estimate of drug-likeness (QED) is 0.767. The van der Waals surface area contributed by atoms with Crippen LogP contribution in [0.1, 0.15) is 38.8 Å². The van der Waals surface area contributed by atoms with Crippen LogP contribution in [0.4, 0.5) is 5.69 Å². The van der Waals surface area contributed by atoms with Gasteiger partial charge in [0.05, 0.1) is 19.6 Å². The second-order valence-electron chi connectivity index (χ2n) is 5.60. The van der Waals surface area contributed by atoms with Gasteiger partial charge in [0.15, 0.2) is 6.04 Å². The first kappa shape index (κ1) is 20.8. The van der Waals surface area contributed by atoms with Crippen molar-refractivity contribution in [3.05, 3.63) is 29.3 Å². The van der Waals surface area contributed by atoms with Gasteiger partial charge in [-0.3, -0.25) is 4.79 Å². The van der Waals surface area contributed by atoms with E-state index >= 15 is 0 Å². The van der Waals surface area contributed by atoms with Crippen molar-refractivity contribution >= 4 is 11.6 Å². The molecule has 1 radical (unpaired) electrons. The standard InChI is InChI=1S/C17H28N2O.Y/c1-7-19(8-2,9-3)15(6)17(20)18-16-13(4)11-10-12-14(16)5;/h10-12,15H,7-9H2,1-6H3;/p+1. The molecule has 3 nitrogen and oxygen atoms in total. The summed E-state index contributed by atoms with van der Waals surface area (Å²) in [5.41, 5.74) is 3.20. The van der Waals surface area contributed by atoms with E-state index in [2.05, 4.69) is 26.1 Å². The fraction of sp³-hybridized carbons (Fsp3) is 0.588. The van der Waals surface area contributed by atoms with Gasteiger partial charge < -0.3 is 9.80 Å². The Labute approximate surface area is 155 Å². The van der Waals surface area contributed by atoms with Crippen molar-refractivity contribution in [2.45, 2.75) is 47.6 Å². The van der Waals surface area contributed by atoms with Crippen molar-refractivity contribution in [1.82, 2.24) is 0 Å². The number of anilines is 1. The number of nitrogens with zero attached hydrogens (tertiary/aromatic N) is 1. The Morgan fingerprint density at radius 2 is 1.52 bits per heavy atom. The molecule has 115 valence electrons. The molecule has 1 unspecified atom stereocenters. The van der Waals surface area contributed by atoms with Gasteiger partial charge in [0.1, 0.15) is 0 Å². The molecule has 1 aromatic carbocycles. The average molecular weight is 366 g/mol. The Bertz CT molecular complexity index is 441. The third kappa shape index (κ3) is 4.61. The zero-order valence-corrected chi connectivity index (χ0v) is 17.2. The fourth-order valence-electron chi connectivity index (χ4n) is 2.98. The van der Waals surface area contributed by atoms with Crippen LogP contribution in [0.25, 0.3) is 0 Å². The van der Waals surface area contributed by atoms with Crippen molar-refractivity contribution in [1.29, 1.82) is 0 Å². The summed E-state index contributed by atoms with van der Waals surface area (Å²) in [7, 11) is 0. The number of nitrogens with one attached hydrogen (secondary N) is 1. The summed E-state index contributed by atoms with van der Waals surface area (Å²) >= 11 is 0. The van der Waals surface area contributed by atoms with Gasteiger partial charge in [0.25, 0.3) is 5.91 Å². The molecule has 1 atom stereocenters. The Morgan fingerprint density at radius 1 is 1.10 bits per heavy atom. The van der Waals surface area contributed by atoms with Crippen LogP contribution in [0.5, 0.6) is 0 Å². The number of quaternary nitrogens is 1. The molecule has 1 aromatic rings. The van der Waals surface area contributed by atoms with Crippen LogP contribution in [0.15, 0.2) is 18.2 Å². The second kappa shape index (κ2) is 9.02. The van der Waals surface area contributed by atoms with E-state index in [1.54, 1.807) is 0 Å². The third-order valence-electron chi connectivity index (χ3n) is 4.82. The van der Waals surface area contributed by atoms with Gasteiger partial charge in [-0.05, 0) is 52.7 Å². The average Bonchev–Trinajstić information content (AvgIpc) is 2.45. The molecule has 0 aliphatic heterocycles. The molecule has 21 heavy (non-hydrogen) atoms. The Kier molecular flexibility index (Phi) is 8.91.